The van der Waals surface area contributed by atoms with Crippen molar-refractivity contribution in [2.75, 3.05) is 0 Å². The second-order valence-corrected chi connectivity index (χ2v) is 4.24. The van der Waals surface area contributed by atoms with Crippen molar-refractivity contribution < 1.29 is 9.53 Å². The minimum atomic E-state index is 0.654. The second-order valence-electron chi connectivity index (χ2n) is 3.52. The highest BCUT2D eigenvalue weighted by Crippen LogP contribution is 2.22. The molecule has 0 fully saturated rings. The summed E-state index contributed by atoms with van der Waals surface area (Å²) in [6.07, 6.45) is 1.50. The number of isocyanates is 1. The van der Waals surface area contributed by atoms with Gasteiger partial charge in [0.1, 0.15) is 11.5 Å². The van der Waals surface area contributed by atoms with Crippen molar-refractivity contribution in [1.29, 1.82) is 0 Å². The Kier molecular flexibility index (Phi) is 4.59. The molecule has 0 atom stereocenters. The molecule has 2 aromatic rings. The zero-order valence-corrected chi connectivity index (χ0v) is 10.4. The summed E-state index contributed by atoms with van der Waals surface area (Å²) in [5, 5.41) is 0. The molecule has 0 aliphatic carbocycles. The van der Waals surface area contributed by atoms with Gasteiger partial charge in [-0.1, -0.05) is 30.3 Å². The Bertz CT molecular complexity index is 533. The highest BCUT2D eigenvalue weighted by molar-refractivity contribution is 7.97. The molecule has 0 N–H and O–H groups in total. The Balaban J connectivity index is 1.97. The van der Waals surface area contributed by atoms with Crippen LogP contribution in [0, 0.1) is 0 Å². The van der Waals surface area contributed by atoms with Gasteiger partial charge in [0.05, 0.1) is 0 Å². The maximum absolute atomic E-state index is 9.92. The van der Waals surface area contributed by atoms with Crippen LogP contribution >= 0.6 is 11.9 Å². The van der Waals surface area contributed by atoms with Crippen LogP contribution in [0.1, 0.15) is 5.56 Å². The number of rotatable bonds is 5. The number of hydrogen-bond donors (Lipinski definition) is 0. The van der Waals surface area contributed by atoms with Crippen LogP contribution in [-0.4, -0.2) is 6.08 Å². The molecule has 2 rings (SSSR count). The lowest BCUT2D eigenvalue weighted by atomic mass is 10.2. The number of hydrogen-bond acceptors (Lipinski definition) is 4. The maximum Gasteiger partial charge on any atom is 0.247 e. The van der Waals surface area contributed by atoms with Crippen molar-refractivity contribution in [3.63, 3.8) is 0 Å². The predicted molar refractivity (Wildman–Crippen MR) is 72.4 cm³/mol. The largest absolute Gasteiger partial charge is 0.457 e. The molecule has 3 nitrogen and oxygen atoms in total. The lowest BCUT2D eigenvalue weighted by Gasteiger charge is -2.05. The van der Waals surface area contributed by atoms with E-state index in [1.165, 1.54) is 18.0 Å². The van der Waals surface area contributed by atoms with Crippen molar-refractivity contribution in [2.45, 2.75) is 5.75 Å². The molecule has 90 valence electrons. The van der Waals surface area contributed by atoms with Gasteiger partial charge in [-0.3, -0.25) is 0 Å². The van der Waals surface area contributed by atoms with Gasteiger partial charge in [-0.2, -0.15) is 0 Å². The molecule has 0 saturated carbocycles. The van der Waals surface area contributed by atoms with Crippen molar-refractivity contribution in [2.24, 2.45) is 4.40 Å². The lowest BCUT2D eigenvalue weighted by Crippen LogP contribution is -1.84. The van der Waals surface area contributed by atoms with E-state index in [2.05, 4.69) is 4.40 Å². The van der Waals surface area contributed by atoms with Crippen LogP contribution in [0.2, 0.25) is 0 Å². The van der Waals surface area contributed by atoms with Crippen LogP contribution < -0.4 is 4.74 Å². The van der Waals surface area contributed by atoms with Gasteiger partial charge in [0, 0.05) is 5.75 Å². The quantitative estimate of drug-likeness (QED) is 0.462. The highest BCUT2D eigenvalue weighted by atomic mass is 32.2. The normalized spacial score (nSPS) is 9.56. The minimum absolute atomic E-state index is 0.654. The molecule has 2 aromatic carbocycles. The molecule has 18 heavy (non-hydrogen) atoms. The summed E-state index contributed by atoms with van der Waals surface area (Å²) in [4.78, 5) is 9.92. The Morgan fingerprint density at radius 1 is 1.00 bits per heavy atom. The van der Waals surface area contributed by atoms with E-state index in [1.54, 1.807) is 0 Å². The molecular formula is C14H11NO2S. The summed E-state index contributed by atoms with van der Waals surface area (Å²) in [7, 11) is 0. The first-order valence-electron chi connectivity index (χ1n) is 5.39. The third-order valence-corrected chi connectivity index (χ3v) is 2.90. The molecule has 0 aliphatic rings. The highest BCUT2D eigenvalue weighted by Gasteiger charge is 1.97. The van der Waals surface area contributed by atoms with Crippen LogP contribution in [0.5, 0.6) is 11.5 Å². The van der Waals surface area contributed by atoms with E-state index in [0.717, 1.165) is 17.1 Å². The summed E-state index contributed by atoms with van der Waals surface area (Å²) in [5.41, 5.74) is 1.08. The second kappa shape index (κ2) is 6.64. The molecule has 0 saturated heterocycles. The molecule has 0 aromatic heterocycles. The van der Waals surface area contributed by atoms with Gasteiger partial charge in [0.2, 0.25) is 6.08 Å². The molecule has 4 heteroatoms. The molecule has 0 aliphatic heterocycles. The SMILES string of the molecule is O=C=NSCc1ccc(Oc2ccccc2)cc1. The van der Waals surface area contributed by atoms with Gasteiger partial charge in [0.25, 0.3) is 0 Å². The van der Waals surface area contributed by atoms with E-state index in [0.29, 0.717) is 5.75 Å². The molecule has 0 radical (unpaired) electrons. The number of ether oxygens (including phenoxy) is 1. The fourth-order valence-corrected chi connectivity index (χ4v) is 1.87. The first-order chi connectivity index (χ1) is 8.88. The monoisotopic (exact) mass is 257 g/mol. The first kappa shape index (κ1) is 12.4. The Labute approximate surface area is 110 Å². The average molecular weight is 257 g/mol. The van der Waals surface area contributed by atoms with E-state index in [4.69, 9.17) is 4.74 Å². The molecule has 0 spiro atoms. The number of benzene rings is 2. The lowest BCUT2D eigenvalue weighted by molar-refractivity contribution is 0.482. The van der Waals surface area contributed by atoms with Crippen LogP contribution in [0.4, 0.5) is 0 Å². The average Bonchev–Trinajstić information content (AvgIpc) is 2.42. The maximum atomic E-state index is 9.92. The molecular weight excluding hydrogens is 246 g/mol. The smallest absolute Gasteiger partial charge is 0.247 e. The molecule has 0 unspecified atom stereocenters. The third-order valence-electron chi connectivity index (χ3n) is 2.24. The minimum Gasteiger partial charge on any atom is -0.457 e. The first-order valence-corrected chi connectivity index (χ1v) is 6.34. The summed E-state index contributed by atoms with van der Waals surface area (Å²) in [5.74, 6) is 2.25. The number of carbonyl (C=O) groups excluding carboxylic acids is 1. The van der Waals surface area contributed by atoms with Crippen LogP contribution in [-0.2, 0) is 10.5 Å². The van der Waals surface area contributed by atoms with Crippen molar-refractivity contribution in [1.82, 2.24) is 0 Å². The number of para-hydroxylation sites is 1. The van der Waals surface area contributed by atoms with Gasteiger partial charge in [-0.15, -0.1) is 4.40 Å². The predicted octanol–water partition coefficient (Wildman–Crippen LogP) is 3.96. The van der Waals surface area contributed by atoms with Crippen molar-refractivity contribution >= 4 is 18.0 Å². The van der Waals surface area contributed by atoms with Crippen LogP contribution in [0.25, 0.3) is 0 Å². The standard InChI is InChI=1S/C14H11NO2S/c16-11-15-18-10-12-6-8-14(9-7-12)17-13-4-2-1-3-5-13/h1-9H,10H2. The van der Waals surface area contributed by atoms with Crippen molar-refractivity contribution in [3.05, 3.63) is 60.2 Å². The molecule has 0 amide bonds. The van der Waals surface area contributed by atoms with Crippen LogP contribution in [0.15, 0.2) is 59.0 Å². The van der Waals surface area contributed by atoms with Gasteiger partial charge in [-0.05, 0) is 41.8 Å². The van der Waals surface area contributed by atoms with Crippen molar-refractivity contribution in [3.8, 4) is 11.5 Å². The van der Waals surface area contributed by atoms with Gasteiger partial charge >= 0.3 is 0 Å². The van der Waals surface area contributed by atoms with Crippen LogP contribution in [0.3, 0.4) is 0 Å². The fraction of sp³-hybridized carbons (Fsp3) is 0.0714. The molecule has 0 bridgehead atoms. The number of nitrogens with zero attached hydrogens (tertiary/aromatic N) is 1. The Hall–Kier alpha value is -2.03. The topological polar surface area (TPSA) is 38.7 Å². The zero-order chi connectivity index (χ0) is 12.6. The van der Waals surface area contributed by atoms with Gasteiger partial charge < -0.3 is 4.74 Å². The molecule has 0 heterocycles. The zero-order valence-electron chi connectivity index (χ0n) is 9.58. The Morgan fingerprint density at radius 2 is 1.67 bits per heavy atom. The summed E-state index contributed by atoms with van der Waals surface area (Å²) >= 11 is 1.18. The van der Waals surface area contributed by atoms with Gasteiger partial charge in [-0.25, -0.2) is 4.79 Å². The van der Waals surface area contributed by atoms with Gasteiger partial charge in [0.15, 0.2) is 0 Å². The summed E-state index contributed by atoms with van der Waals surface area (Å²) in [6, 6.07) is 17.3. The Morgan fingerprint density at radius 3 is 2.33 bits per heavy atom. The van der Waals surface area contributed by atoms with E-state index in [1.807, 2.05) is 54.6 Å². The van der Waals surface area contributed by atoms with E-state index in [9.17, 15) is 4.79 Å². The van der Waals surface area contributed by atoms with E-state index < -0.39 is 0 Å². The fourth-order valence-electron chi connectivity index (χ4n) is 1.41. The third kappa shape index (κ3) is 3.77. The summed E-state index contributed by atoms with van der Waals surface area (Å²) in [6.45, 7) is 0. The van der Waals surface area contributed by atoms with E-state index >= 15 is 0 Å². The summed E-state index contributed by atoms with van der Waals surface area (Å²) < 4.78 is 9.10. The van der Waals surface area contributed by atoms with E-state index in [-0.39, 0.29) is 0 Å².